The Labute approximate surface area is 96.8 Å². The molecule has 0 fully saturated rings. The van der Waals surface area contributed by atoms with Gasteiger partial charge in [-0.3, -0.25) is 9.59 Å². The molecule has 0 atom stereocenters. The summed E-state index contributed by atoms with van der Waals surface area (Å²) in [6.07, 6.45) is 0.405. The molecule has 14 heavy (non-hydrogen) atoms. The van der Waals surface area contributed by atoms with Gasteiger partial charge in [-0.25, -0.2) is 0 Å². The van der Waals surface area contributed by atoms with Crippen molar-refractivity contribution in [3.05, 3.63) is 33.4 Å². The van der Waals surface area contributed by atoms with Gasteiger partial charge in [0.15, 0.2) is 0 Å². The molecule has 1 aromatic rings. The molecule has 0 aromatic heterocycles. The number of hydrogen-bond donors (Lipinski definition) is 0. The highest BCUT2D eigenvalue weighted by atomic mass is 127. The maximum absolute atomic E-state index is 11.3. The Bertz CT molecular complexity index is 358. The number of ketones is 2. The van der Waals surface area contributed by atoms with Crippen LogP contribution >= 0.6 is 22.6 Å². The average Bonchev–Trinajstić information content (AvgIpc) is 2.01. The number of benzene rings is 1. The molecule has 3 heteroatoms. The predicted octanol–water partition coefficient (Wildman–Crippen LogP) is 2.38. The van der Waals surface area contributed by atoms with Crippen LogP contribution in [0.3, 0.4) is 0 Å². The van der Waals surface area contributed by atoms with E-state index in [1.165, 1.54) is 6.92 Å². The molecule has 0 aliphatic carbocycles. The van der Waals surface area contributed by atoms with Crippen LogP contribution in [0.15, 0.2) is 24.3 Å². The summed E-state index contributed by atoms with van der Waals surface area (Å²) >= 11 is 2.20. The summed E-state index contributed by atoms with van der Waals surface area (Å²) in [5, 5.41) is 0. The van der Waals surface area contributed by atoms with E-state index in [9.17, 15) is 9.59 Å². The fourth-order valence-corrected chi connectivity index (χ4v) is 1.82. The summed E-state index contributed by atoms with van der Waals surface area (Å²) < 4.78 is 1.11. The van der Waals surface area contributed by atoms with E-state index in [1.54, 1.807) is 0 Å². The number of carbonyl (C=O) groups is 2. The Balaban J connectivity index is 2.60. The first-order chi connectivity index (χ1) is 6.58. The van der Waals surface area contributed by atoms with E-state index in [-0.39, 0.29) is 18.0 Å². The van der Waals surface area contributed by atoms with Crippen LogP contribution in [0.1, 0.15) is 18.9 Å². The van der Waals surface area contributed by atoms with Crippen molar-refractivity contribution < 1.29 is 9.59 Å². The van der Waals surface area contributed by atoms with Crippen LogP contribution in [0.4, 0.5) is 0 Å². The second-order valence-electron chi connectivity index (χ2n) is 3.22. The topological polar surface area (TPSA) is 34.1 Å². The molecule has 74 valence electrons. The molecule has 0 N–H and O–H groups in total. The molecule has 0 heterocycles. The van der Waals surface area contributed by atoms with Gasteiger partial charge in [-0.2, -0.15) is 0 Å². The molecule has 0 saturated heterocycles. The second-order valence-corrected chi connectivity index (χ2v) is 4.47. The van der Waals surface area contributed by atoms with Crippen LogP contribution in [0.5, 0.6) is 0 Å². The second kappa shape index (κ2) is 5.24. The zero-order valence-electron chi connectivity index (χ0n) is 7.92. The van der Waals surface area contributed by atoms with Crippen molar-refractivity contribution in [2.45, 2.75) is 19.8 Å². The summed E-state index contributed by atoms with van der Waals surface area (Å²) in [6.45, 7) is 1.44. The molecule has 0 aliphatic heterocycles. The van der Waals surface area contributed by atoms with Crippen LogP contribution < -0.4 is 0 Å². The molecule has 0 saturated carbocycles. The zero-order valence-corrected chi connectivity index (χ0v) is 10.1. The number of rotatable bonds is 4. The van der Waals surface area contributed by atoms with Crippen molar-refractivity contribution in [3.8, 4) is 0 Å². The molecule has 2 nitrogen and oxygen atoms in total. The van der Waals surface area contributed by atoms with E-state index < -0.39 is 0 Å². The Morgan fingerprint density at radius 3 is 2.64 bits per heavy atom. The lowest BCUT2D eigenvalue weighted by Crippen LogP contribution is -2.07. The average molecular weight is 302 g/mol. The third kappa shape index (κ3) is 4.00. The van der Waals surface area contributed by atoms with Gasteiger partial charge in [0.05, 0.1) is 6.42 Å². The molecule has 0 spiro atoms. The van der Waals surface area contributed by atoms with Crippen molar-refractivity contribution in [2.75, 3.05) is 0 Å². The van der Waals surface area contributed by atoms with Gasteiger partial charge in [0.1, 0.15) is 11.6 Å². The standard InChI is InChI=1S/C11H11IO2/c1-8(13)5-11(14)7-9-3-2-4-10(12)6-9/h2-4,6H,5,7H2,1H3. The molecule has 1 rings (SSSR count). The van der Waals surface area contributed by atoms with Crippen LogP contribution in [0.2, 0.25) is 0 Å². The third-order valence-corrected chi connectivity index (χ3v) is 2.41. The zero-order chi connectivity index (χ0) is 10.6. The van der Waals surface area contributed by atoms with Gasteiger partial charge in [-0.1, -0.05) is 12.1 Å². The maximum atomic E-state index is 11.3. The fraction of sp³-hybridized carbons (Fsp3) is 0.273. The first kappa shape index (κ1) is 11.4. The van der Waals surface area contributed by atoms with Gasteiger partial charge in [0, 0.05) is 9.99 Å². The van der Waals surface area contributed by atoms with Crippen molar-refractivity contribution >= 4 is 34.2 Å². The SMILES string of the molecule is CC(=O)CC(=O)Cc1cccc(I)c1. The molecule has 0 amide bonds. The van der Waals surface area contributed by atoms with E-state index in [2.05, 4.69) is 22.6 Å². The highest BCUT2D eigenvalue weighted by Gasteiger charge is 2.06. The minimum atomic E-state index is -0.0689. The highest BCUT2D eigenvalue weighted by Crippen LogP contribution is 2.09. The van der Waals surface area contributed by atoms with Crippen molar-refractivity contribution in [1.82, 2.24) is 0 Å². The van der Waals surface area contributed by atoms with Gasteiger partial charge < -0.3 is 0 Å². The van der Waals surface area contributed by atoms with Crippen molar-refractivity contribution in [1.29, 1.82) is 0 Å². The minimum Gasteiger partial charge on any atom is -0.300 e. The summed E-state index contributed by atoms with van der Waals surface area (Å²) in [4.78, 5) is 22.0. The van der Waals surface area contributed by atoms with Gasteiger partial charge in [0.2, 0.25) is 0 Å². The number of hydrogen-bond acceptors (Lipinski definition) is 2. The van der Waals surface area contributed by atoms with Crippen LogP contribution in [0, 0.1) is 3.57 Å². The normalized spacial score (nSPS) is 9.86. The summed E-state index contributed by atoms with van der Waals surface area (Å²) in [5.74, 6) is -0.0832. The molecular weight excluding hydrogens is 291 g/mol. The van der Waals surface area contributed by atoms with E-state index in [1.807, 2.05) is 24.3 Å². The fourth-order valence-electron chi connectivity index (χ4n) is 1.21. The van der Waals surface area contributed by atoms with Gasteiger partial charge >= 0.3 is 0 Å². The van der Waals surface area contributed by atoms with Gasteiger partial charge in [-0.05, 0) is 47.2 Å². The smallest absolute Gasteiger partial charge is 0.144 e. The van der Waals surface area contributed by atoms with Crippen LogP contribution in [0.25, 0.3) is 0 Å². The lowest BCUT2D eigenvalue weighted by atomic mass is 10.1. The lowest BCUT2D eigenvalue weighted by molar-refractivity contribution is -0.125. The maximum Gasteiger partial charge on any atom is 0.144 e. The molecule has 0 unspecified atom stereocenters. The van der Waals surface area contributed by atoms with Crippen LogP contribution in [-0.4, -0.2) is 11.6 Å². The first-order valence-corrected chi connectivity index (χ1v) is 5.41. The molecule has 1 aromatic carbocycles. The Morgan fingerprint density at radius 2 is 2.07 bits per heavy atom. The number of carbonyl (C=O) groups excluding carboxylic acids is 2. The Morgan fingerprint density at radius 1 is 1.36 bits per heavy atom. The van der Waals surface area contributed by atoms with Gasteiger partial charge in [0.25, 0.3) is 0 Å². The lowest BCUT2D eigenvalue weighted by Gasteiger charge is -1.99. The van der Waals surface area contributed by atoms with E-state index >= 15 is 0 Å². The van der Waals surface area contributed by atoms with E-state index in [0.717, 1.165) is 9.13 Å². The number of halogens is 1. The van der Waals surface area contributed by atoms with Gasteiger partial charge in [-0.15, -0.1) is 0 Å². The molecule has 0 bridgehead atoms. The van der Waals surface area contributed by atoms with Crippen LogP contribution in [-0.2, 0) is 16.0 Å². The number of Topliss-reactive ketones (excluding diaryl/α,β-unsaturated/α-hetero) is 2. The molecular formula is C11H11IO2. The monoisotopic (exact) mass is 302 g/mol. The molecule has 0 aliphatic rings. The quantitative estimate of drug-likeness (QED) is 0.632. The third-order valence-electron chi connectivity index (χ3n) is 1.74. The summed E-state index contributed by atoms with van der Waals surface area (Å²) in [5.41, 5.74) is 0.975. The van der Waals surface area contributed by atoms with E-state index in [0.29, 0.717) is 6.42 Å². The first-order valence-electron chi connectivity index (χ1n) is 4.33. The summed E-state index contributed by atoms with van der Waals surface area (Å²) in [7, 11) is 0. The van der Waals surface area contributed by atoms with Crippen molar-refractivity contribution in [2.24, 2.45) is 0 Å². The Hall–Kier alpha value is -0.710. The molecule has 0 radical (unpaired) electrons. The summed E-state index contributed by atoms with van der Waals surface area (Å²) in [6, 6.07) is 7.75. The van der Waals surface area contributed by atoms with E-state index in [4.69, 9.17) is 0 Å². The highest BCUT2D eigenvalue weighted by molar-refractivity contribution is 14.1. The van der Waals surface area contributed by atoms with Crippen molar-refractivity contribution in [3.63, 3.8) is 0 Å². The predicted molar refractivity (Wildman–Crippen MR) is 63.2 cm³/mol. The Kier molecular flexibility index (Phi) is 4.25. The minimum absolute atomic E-state index is 0.0144. The largest absolute Gasteiger partial charge is 0.300 e.